The van der Waals surface area contributed by atoms with Crippen LogP contribution in [-0.4, -0.2) is 87.5 Å². The third-order valence-corrected chi connectivity index (χ3v) is 11.0. The van der Waals surface area contributed by atoms with E-state index in [2.05, 4.69) is 29.9 Å². The molecule has 5 rings (SSSR count). The zero-order chi connectivity index (χ0) is 36.2. The fraction of sp³-hybridized carbons (Fsp3) is 0.595. The van der Waals surface area contributed by atoms with Crippen LogP contribution in [0.25, 0.3) is 11.0 Å². The number of ether oxygens (including phenoxy) is 2. The number of imidazole rings is 1. The van der Waals surface area contributed by atoms with Crippen LogP contribution in [0.4, 0.5) is 10.5 Å². The average molecular weight is 707 g/mol. The highest BCUT2D eigenvalue weighted by Gasteiger charge is 2.46. The van der Waals surface area contributed by atoms with Crippen molar-refractivity contribution in [2.45, 2.75) is 128 Å². The summed E-state index contributed by atoms with van der Waals surface area (Å²) in [4.78, 5) is 54.8. The topological polar surface area (TPSA) is 139 Å². The maximum absolute atomic E-state index is 15.0. The van der Waals surface area contributed by atoms with Gasteiger partial charge in [-0.05, 0) is 70.8 Å². The number of fused-ring (bicyclic) bond motifs is 1. The van der Waals surface area contributed by atoms with Gasteiger partial charge in [0.15, 0.2) is 0 Å². The van der Waals surface area contributed by atoms with Gasteiger partial charge in [-0.2, -0.15) is 0 Å². The third kappa shape index (κ3) is 9.29. The number of β-amino-alcohol motifs (C(OH)–C–C–N with tert-alkyl or cyclic N) is 1. The van der Waals surface area contributed by atoms with E-state index in [0.717, 1.165) is 55.0 Å². The van der Waals surface area contributed by atoms with Gasteiger partial charge < -0.3 is 24.5 Å². The molecule has 3 aromatic rings. The smallest absolute Gasteiger partial charge is 0.411 e. The van der Waals surface area contributed by atoms with Crippen LogP contribution in [0, 0.1) is 6.92 Å². The molecular formula is C37H54N6O6Si. The maximum Gasteiger partial charge on any atom is 0.411 e. The Kier molecular flexibility index (Phi) is 11.7. The monoisotopic (exact) mass is 706 g/mol. The second kappa shape index (κ2) is 15.6. The van der Waals surface area contributed by atoms with Gasteiger partial charge in [0.25, 0.3) is 5.91 Å². The van der Waals surface area contributed by atoms with Gasteiger partial charge >= 0.3 is 6.09 Å². The lowest BCUT2D eigenvalue weighted by Gasteiger charge is -2.36. The molecule has 1 saturated carbocycles. The highest BCUT2D eigenvalue weighted by atomic mass is 28.3. The molecular weight excluding hydrogens is 653 g/mol. The summed E-state index contributed by atoms with van der Waals surface area (Å²) in [5, 5.41) is 14.0. The number of hydrogen-bond donors (Lipinski definition) is 2. The minimum atomic E-state index is -1.29. The third-order valence-electron chi connectivity index (χ3n) is 9.31. The molecule has 1 unspecified atom stereocenters. The van der Waals surface area contributed by atoms with E-state index in [1.54, 1.807) is 51.4 Å². The number of likely N-dealkylation sites (tertiary alicyclic amines) is 1. The molecule has 12 nitrogen and oxygen atoms in total. The van der Waals surface area contributed by atoms with Crippen LogP contribution in [0.1, 0.15) is 76.7 Å². The van der Waals surface area contributed by atoms with Gasteiger partial charge in [-0.1, -0.05) is 45.0 Å². The molecule has 0 radical (unpaired) electrons. The van der Waals surface area contributed by atoms with Gasteiger partial charge in [-0.3, -0.25) is 24.4 Å². The molecule has 1 saturated heterocycles. The number of aryl methyl sites for hydroxylation is 1. The van der Waals surface area contributed by atoms with E-state index in [-0.39, 0.29) is 24.9 Å². The first-order valence-corrected chi connectivity index (χ1v) is 21.6. The summed E-state index contributed by atoms with van der Waals surface area (Å²) < 4.78 is 13.8. The van der Waals surface area contributed by atoms with Crippen LogP contribution in [0.15, 0.2) is 42.7 Å². The normalized spacial score (nSPS) is 19.4. The molecule has 2 aromatic heterocycles. The summed E-state index contributed by atoms with van der Waals surface area (Å²) in [5.74, 6) is -0.0782. The van der Waals surface area contributed by atoms with Crippen molar-refractivity contribution in [3.8, 4) is 0 Å². The number of anilines is 1. The van der Waals surface area contributed by atoms with Crippen LogP contribution < -0.4 is 10.2 Å². The van der Waals surface area contributed by atoms with Gasteiger partial charge in [-0.15, -0.1) is 0 Å². The molecule has 3 heterocycles. The SMILES string of the molecule is Cc1nc2ccc(N(C(=O)[C@H]3C[C@@H](O)CN3C(=O)OC(C)(C)C)C(C(=O)NC3CCCCC3)c3cccnc3)cc2n1COCC[Si](C)(C)C. The number of benzene rings is 1. The van der Waals surface area contributed by atoms with Crippen molar-refractivity contribution in [3.63, 3.8) is 0 Å². The Hall–Kier alpha value is -3.81. The van der Waals surface area contributed by atoms with E-state index in [0.29, 0.717) is 24.6 Å². The minimum absolute atomic E-state index is 0.00277. The maximum atomic E-state index is 15.0. The van der Waals surface area contributed by atoms with Crippen LogP contribution >= 0.6 is 0 Å². The molecule has 1 aliphatic heterocycles. The number of carbonyl (C=O) groups is 3. The van der Waals surface area contributed by atoms with Crippen LogP contribution in [-0.2, 0) is 25.8 Å². The van der Waals surface area contributed by atoms with E-state index in [9.17, 15) is 14.7 Å². The lowest BCUT2D eigenvalue weighted by molar-refractivity contribution is -0.129. The predicted octanol–water partition coefficient (Wildman–Crippen LogP) is 5.95. The summed E-state index contributed by atoms with van der Waals surface area (Å²) in [6, 6.07) is 7.82. The van der Waals surface area contributed by atoms with Gasteiger partial charge in [0.2, 0.25) is 5.91 Å². The summed E-state index contributed by atoms with van der Waals surface area (Å²) in [7, 11) is -1.29. The molecule has 1 aromatic carbocycles. The second-order valence-corrected chi connectivity index (χ2v) is 21.5. The Morgan fingerprint density at radius 3 is 2.52 bits per heavy atom. The van der Waals surface area contributed by atoms with E-state index >= 15 is 4.79 Å². The fourth-order valence-corrected chi connectivity index (χ4v) is 7.45. The predicted molar refractivity (Wildman–Crippen MR) is 195 cm³/mol. The number of hydrogen-bond acceptors (Lipinski definition) is 8. The average Bonchev–Trinajstić information content (AvgIpc) is 3.59. The minimum Gasteiger partial charge on any atom is -0.444 e. The van der Waals surface area contributed by atoms with Gasteiger partial charge in [-0.25, -0.2) is 9.78 Å². The van der Waals surface area contributed by atoms with Crippen LogP contribution in [0.2, 0.25) is 25.7 Å². The number of rotatable bonds is 11. The molecule has 50 heavy (non-hydrogen) atoms. The molecule has 0 spiro atoms. The lowest BCUT2D eigenvalue weighted by atomic mass is 9.94. The second-order valence-electron chi connectivity index (χ2n) is 15.9. The fourth-order valence-electron chi connectivity index (χ4n) is 6.70. The van der Waals surface area contributed by atoms with Crippen molar-refractivity contribution in [2.75, 3.05) is 18.1 Å². The summed E-state index contributed by atoms with van der Waals surface area (Å²) in [5.41, 5.74) is 1.64. The highest BCUT2D eigenvalue weighted by Crippen LogP contribution is 2.35. The van der Waals surface area contributed by atoms with Crippen molar-refractivity contribution in [1.29, 1.82) is 0 Å². The van der Waals surface area contributed by atoms with Crippen molar-refractivity contribution < 1.29 is 29.0 Å². The van der Waals surface area contributed by atoms with Crippen molar-refractivity contribution in [2.24, 2.45) is 0 Å². The largest absolute Gasteiger partial charge is 0.444 e. The van der Waals surface area contributed by atoms with E-state index in [1.165, 1.54) is 9.80 Å². The Balaban J connectivity index is 1.60. The number of amides is 3. The molecule has 0 bridgehead atoms. The molecule has 3 atom stereocenters. The first-order chi connectivity index (χ1) is 23.6. The quantitative estimate of drug-likeness (QED) is 0.184. The number of aliphatic hydroxyl groups excluding tert-OH is 1. The highest BCUT2D eigenvalue weighted by molar-refractivity contribution is 6.76. The number of nitrogens with one attached hydrogen (secondary N) is 1. The Bertz CT molecular complexity index is 1650. The lowest BCUT2D eigenvalue weighted by Crippen LogP contribution is -2.53. The molecule has 1 aliphatic carbocycles. The zero-order valence-corrected chi connectivity index (χ0v) is 31.6. The zero-order valence-electron chi connectivity index (χ0n) is 30.6. The Morgan fingerprint density at radius 2 is 1.86 bits per heavy atom. The number of aromatic nitrogens is 3. The summed E-state index contributed by atoms with van der Waals surface area (Å²) in [6.07, 6.45) is 6.49. The van der Waals surface area contributed by atoms with E-state index < -0.39 is 43.9 Å². The number of nitrogens with zero attached hydrogens (tertiary/aromatic N) is 5. The van der Waals surface area contributed by atoms with Crippen molar-refractivity contribution >= 4 is 42.7 Å². The molecule has 13 heteroatoms. The number of aliphatic hydroxyl groups is 1. The summed E-state index contributed by atoms with van der Waals surface area (Å²) >= 11 is 0. The van der Waals surface area contributed by atoms with Gasteiger partial charge in [0, 0.05) is 50.8 Å². The van der Waals surface area contributed by atoms with Crippen LogP contribution in [0.3, 0.4) is 0 Å². The molecule has 2 N–H and O–H groups in total. The van der Waals surface area contributed by atoms with Gasteiger partial charge in [0.05, 0.1) is 23.7 Å². The first-order valence-electron chi connectivity index (χ1n) is 17.9. The number of carbonyl (C=O) groups excluding carboxylic acids is 3. The van der Waals surface area contributed by atoms with E-state index in [1.807, 2.05) is 23.6 Å². The van der Waals surface area contributed by atoms with Gasteiger partial charge in [0.1, 0.15) is 30.2 Å². The Morgan fingerprint density at radius 1 is 1.12 bits per heavy atom. The molecule has 2 fully saturated rings. The molecule has 272 valence electrons. The van der Waals surface area contributed by atoms with Crippen LogP contribution in [0.5, 0.6) is 0 Å². The Labute approximate surface area is 296 Å². The van der Waals surface area contributed by atoms with Crippen molar-refractivity contribution in [3.05, 3.63) is 54.1 Å². The molecule has 2 aliphatic rings. The standard InChI is InChI=1S/C37H54N6O6Si/c1-25-39-30-16-15-28(20-31(30)42(25)24-48-18-19-50(5,6)7)43(35(46)32-21-29(44)23-41(32)36(47)49-37(2,3)4)33(26-12-11-17-38-22-26)34(45)40-27-13-9-8-10-14-27/h11-12,15-17,20,22,27,29,32-33,44H,8-10,13-14,18-19,21,23-24H2,1-7H3,(H,40,45)/t29-,32-,33?/m1/s1. The number of pyridine rings is 1. The molecule has 3 amide bonds. The first kappa shape index (κ1) is 37.4. The van der Waals surface area contributed by atoms with Crippen molar-refractivity contribution in [1.82, 2.24) is 24.8 Å². The summed E-state index contributed by atoms with van der Waals surface area (Å²) in [6.45, 7) is 15.0. The van der Waals surface area contributed by atoms with E-state index in [4.69, 9.17) is 14.5 Å².